The van der Waals surface area contributed by atoms with E-state index < -0.39 is 5.97 Å². The minimum atomic E-state index is -0.817. The fraction of sp³-hybridized carbons (Fsp3) is 0.467. The van der Waals surface area contributed by atoms with Gasteiger partial charge in [-0.3, -0.25) is 4.79 Å². The molecule has 3 N–H and O–H groups in total. The number of carboxylic acids is 1. The third kappa shape index (κ3) is 4.11. The average molecular weight is 311 g/mol. The molecule has 5 nitrogen and oxygen atoms in total. The highest BCUT2D eigenvalue weighted by molar-refractivity contribution is 6.31. The van der Waals surface area contributed by atoms with Crippen LogP contribution in [0.4, 0.5) is 10.5 Å². The molecule has 1 aromatic rings. The first-order chi connectivity index (χ1) is 9.90. The summed E-state index contributed by atoms with van der Waals surface area (Å²) in [4.78, 5) is 22.8. The van der Waals surface area contributed by atoms with Gasteiger partial charge in [0.2, 0.25) is 0 Å². The van der Waals surface area contributed by atoms with E-state index in [1.165, 1.54) is 0 Å². The maximum Gasteiger partial charge on any atom is 0.319 e. The first kappa shape index (κ1) is 15.6. The van der Waals surface area contributed by atoms with E-state index in [0.717, 1.165) is 24.8 Å². The van der Waals surface area contributed by atoms with Crippen LogP contribution < -0.4 is 10.6 Å². The summed E-state index contributed by atoms with van der Waals surface area (Å²) in [6.45, 7) is 2.26. The second-order valence-corrected chi connectivity index (χ2v) is 6.13. The van der Waals surface area contributed by atoms with E-state index in [1.807, 2.05) is 13.0 Å². The lowest BCUT2D eigenvalue weighted by Gasteiger charge is -2.40. The standard InChI is InChI=1S/C15H19ClN2O3/c1-10-3-4-11(16)7-12(10)18-14(21)17-9-15(5-2-6-15)8-13(19)20/h3-4,7H,2,5-6,8-9H2,1H3,(H,19,20)(H2,17,18,21). The molecule has 2 rings (SSSR count). The van der Waals surface area contributed by atoms with Gasteiger partial charge in [0.25, 0.3) is 0 Å². The number of rotatable bonds is 5. The Bertz CT molecular complexity index is 556. The van der Waals surface area contributed by atoms with E-state index in [4.69, 9.17) is 16.7 Å². The number of hydrogen-bond donors (Lipinski definition) is 3. The number of halogens is 1. The van der Waals surface area contributed by atoms with Gasteiger partial charge >= 0.3 is 12.0 Å². The number of amides is 2. The lowest BCUT2D eigenvalue weighted by atomic mass is 9.66. The van der Waals surface area contributed by atoms with Crippen LogP contribution in [0.25, 0.3) is 0 Å². The highest BCUT2D eigenvalue weighted by Gasteiger charge is 2.39. The maximum absolute atomic E-state index is 11.9. The predicted octanol–water partition coefficient (Wildman–Crippen LogP) is 3.41. The Morgan fingerprint density at radius 2 is 2.10 bits per heavy atom. The van der Waals surface area contributed by atoms with Crippen molar-refractivity contribution >= 4 is 29.3 Å². The number of hydrogen-bond acceptors (Lipinski definition) is 2. The molecule has 1 aromatic carbocycles. The number of urea groups is 1. The number of carbonyl (C=O) groups excluding carboxylic acids is 1. The van der Waals surface area contributed by atoms with E-state index in [1.54, 1.807) is 12.1 Å². The van der Waals surface area contributed by atoms with Gasteiger partial charge in [-0.1, -0.05) is 24.1 Å². The van der Waals surface area contributed by atoms with E-state index in [2.05, 4.69) is 10.6 Å². The fourth-order valence-electron chi connectivity index (χ4n) is 2.58. The van der Waals surface area contributed by atoms with Crippen LogP contribution in [-0.4, -0.2) is 23.7 Å². The molecule has 0 atom stereocenters. The summed E-state index contributed by atoms with van der Waals surface area (Å²) in [7, 11) is 0. The minimum Gasteiger partial charge on any atom is -0.481 e. The van der Waals surface area contributed by atoms with Gasteiger partial charge in [0.1, 0.15) is 0 Å². The van der Waals surface area contributed by atoms with Gasteiger partial charge in [-0.15, -0.1) is 0 Å². The summed E-state index contributed by atoms with van der Waals surface area (Å²) >= 11 is 5.90. The molecule has 1 aliphatic rings. The van der Waals surface area contributed by atoms with Crippen LogP contribution in [0.3, 0.4) is 0 Å². The minimum absolute atomic E-state index is 0.101. The zero-order valence-corrected chi connectivity index (χ0v) is 12.7. The summed E-state index contributed by atoms with van der Waals surface area (Å²) in [5, 5.41) is 15.0. The van der Waals surface area contributed by atoms with Crippen molar-refractivity contribution in [2.75, 3.05) is 11.9 Å². The Morgan fingerprint density at radius 3 is 2.67 bits per heavy atom. The lowest BCUT2D eigenvalue weighted by Crippen LogP contribution is -2.44. The summed E-state index contributed by atoms with van der Waals surface area (Å²) in [6, 6.07) is 4.94. The molecule has 0 radical (unpaired) electrons. The number of nitrogens with one attached hydrogen (secondary N) is 2. The molecule has 1 saturated carbocycles. The highest BCUT2D eigenvalue weighted by atomic mass is 35.5. The molecule has 0 spiro atoms. The van der Waals surface area contributed by atoms with Crippen molar-refractivity contribution in [3.63, 3.8) is 0 Å². The first-order valence-corrected chi connectivity index (χ1v) is 7.31. The van der Waals surface area contributed by atoms with Crippen LogP contribution in [0.2, 0.25) is 5.02 Å². The molecule has 0 unspecified atom stereocenters. The molecule has 1 aliphatic carbocycles. The lowest BCUT2D eigenvalue weighted by molar-refractivity contribution is -0.141. The second-order valence-electron chi connectivity index (χ2n) is 5.69. The monoisotopic (exact) mass is 310 g/mol. The van der Waals surface area contributed by atoms with Crippen molar-refractivity contribution in [2.24, 2.45) is 5.41 Å². The quantitative estimate of drug-likeness (QED) is 0.779. The molecular formula is C15H19ClN2O3. The number of benzene rings is 1. The van der Waals surface area contributed by atoms with Gasteiger partial charge in [0.05, 0.1) is 6.42 Å². The third-order valence-corrected chi connectivity index (χ3v) is 4.25. The number of aryl methyl sites for hydroxylation is 1. The SMILES string of the molecule is Cc1ccc(Cl)cc1NC(=O)NCC1(CC(=O)O)CCC1. The van der Waals surface area contributed by atoms with Crippen LogP contribution in [0.1, 0.15) is 31.2 Å². The zero-order chi connectivity index (χ0) is 15.5. The first-order valence-electron chi connectivity index (χ1n) is 6.93. The van der Waals surface area contributed by atoms with Crippen LogP contribution in [0.5, 0.6) is 0 Å². The molecule has 0 bridgehead atoms. The van der Waals surface area contributed by atoms with Crippen molar-refractivity contribution in [3.05, 3.63) is 28.8 Å². The van der Waals surface area contributed by atoms with Gasteiger partial charge in [-0.05, 0) is 42.9 Å². The Kier molecular flexibility index (Phi) is 4.73. The Balaban J connectivity index is 1.90. The van der Waals surface area contributed by atoms with Crippen LogP contribution >= 0.6 is 11.6 Å². The highest BCUT2D eigenvalue weighted by Crippen LogP contribution is 2.43. The molecule has 0 heterocycles. The van der Waals surface area contributed by atoms with Crippen molar-refractivity contribution in [1.82, 2.24) is 5.32 Å². The summed E-state index contributed by atoms with van der Waals surface area (Å²) in [5.41, 5.74) is 1.28. The number of carboxylic acid groups (broad SMARTS) is 1. The zero-order valence-electron chi connectivity index (χ0n) is 11.9. The second kappa shape index (κ2) is 6.35. The Morgan fingerprint density at radius 1 is 1.38 bits per heavy atom. The van der Waals surface area contributed by atoms with Gasteiger partial charge in [-0.25, -0.2) is 4.79 Å². The molecule has 2 amide bonds. The van der Waals surface area contributed by atoms with Gasteiger partial charge in [-0.2, -0.15) is 0 Å². The Hall–Kier alpha value is -1.75. The van der Waals surface area contributed by atoms with E-state index in [0.29, 0.717) is 17.3 Å². The molecule has 0 saturated heterocycles. The largest absolute Gasteiger partial charge is 0.481 e. The molecule has 6 heteroatoms. The smallest absolute Gasteiger partial charge is 0.319 e. The van der Waals surface area contributed by atoms with Crippen LogP contribution in [-0.2, 0) is 4.79 Å². The summed E-state index contributed by atoms with van der Waals surface area (Å²) in [6.07, 6.45) is 2.80. The van der Waals surface area contributed by atoms with E-state index in [9.17, 15) is 9.59 Å². The van der Waals surface area contributed by atoms with Crippen LogP contribution in [0, 0.1) is 12.3 Å². The van der Waals surface area contributed by atoms with Crippen molar-refractivity contribution in [1.29, 1.82) is 0 Å². The number of anilines is 1. The van der Waals surface area contributed by atoms with Gasteiger partial charge in [0.15, 0.2) is 0 Å². The fourth-order valence-corrected chi connectivity index (χ4v) is 2.75. The average Bonchev–Trinajstić information content (AvgIpc) is 2.36. The predicted molar refractivity (Wildman–Crippen MR) is 81.7 cm³/mol. The third-order valence-electron chi connectivity index (χ3n) is 4.01. The van der Waals surface area contributed by atoms with Gasteiger partial charge in [0, 0.05) is 17.3 Å². The Labute approximate surface area is 128 Å². The normalized spacial score (nSPS) is 15.9. The van der Waals surface area contributed by atoms with Crippen molar-refractivity contribution in [3.8, 4) is 0 Å². The summed E-state index contributed by atoms with van der Waals surface area (Å²) in [5.74, 6) is -0.817. The van der Waals surface area contributed by atoms with Gasteiger partial charge < -0.3 is 15.7 Å². The summed E-state index contributed by atoms with van der Waals surface area (Å²) < 4.78 is 0. The van der Waals surface area contributed by atoms with E-state index in [-0.39, 0.29) is 17.9 Å². The molecular weight excluding hydrogens is 292 g/mol. The van der Waals surface area contributed by atoms with E-state index >= 15 is 0 Å². The van der Waals surface area contributed by atoms with Crippen molar-refractivity contribution in [2.45, 2.75) is 32.6 Å². The topological polar surface area (TPSA) is 78.4 Å². The molecule has 0 aliphatic heterocycles. The number of carbonyl (C=O) groups is 2. The maximum atomic E-state index is 11.9. The van der Waals surface area contributed by atoms with Crippen molar-refractivity contribution < 1.29 is 14.7 Å². The molecule has 1 fully saturated rings. The number of aliphatic carboxylic acids is 1. The molecule has 21 heavy (non-hydrogen) atoms. The van der Waals surface area contributed by atoms with Crippen LogP contribution in [0.15, 0.2) is 18.2 Å². The molecule has 0 aromatic heterocycles. The molecule has 114 valence electrons.